The van der Waals surface area contributed by atoms with Crippen molar-refractivity contribution in [3.8, 4) is 0 Å². The average molecular weight is 721 g/mol. The van der Waals surface area contributed by atoms with Crippen LogP contribution in [0.2, 0.25) is 6.55 Å². The van der Waals surface area contributed by atoms with Crippen LogP contribution < -0.4 is 0 Å². The Labute approximate surface area is 203 Å². The molecule has 0 fully saturated rings. The molecule has 0 saturated heterocycles. The summed E-state index contributed by atoms with van der Waals surface area (Å²) in [5, 5.41) is 0. The summed E-state index contributed by atoms with van der Waals surface area (Å²) in [7, 11) is -54.8. The summed E-state index contributed by atoms with van der Waals surface area (Å²) >= 11 is 0. The highest BCUT2D eigenvalue weighted by molar-refractivity contribution is 7.77. The van der Waals surface area contributed by atoms with E-state index in [4.69, 9.17) is 4.12 Å². The fourth-order valence-electron chi connectivity index (χ4n) is 1.47. The van der Waals surface area contributed by atoms with Gasteiger partial charge in [0.05, 0.1) is 0 Å². The molecule has 0 N–H and O–H groups in total. The molecule has 0 aromatic rings. The SMILES string of the molecule is C[SiH](O[Si](=O)[Si](=O)[Si](=O)[Si](=O)[Si](=O)[Si](=O)[Si](=O)[Si](=O)[Si](=O)[Si](=O)[Si]=O)[Si](=O)[Si](=O)[Si](=O)[Si]=O. The Kier molecular flexibility index (Phi) is 15.5. The second-order valence-electron chi connectivity index (χ2n) is 5.24. The zero-order valence-corrected chi connectivity index (χ0v) is 31.8. The van der Waals surface area contributed by atoms with E-state index in [1.54, 1.807) is 0 Å². The largest absolute Gasteiger partial charge is 0.577 e. The molecule has 0 amide bonds. The number of hydrogen-bond acceptors (Lipinski definition) is 16. The van der Waals surface area contributed by atoms with E-state index in [1.807, 2.05) is 0 Å². The van der Waals surface area contributed by atoms with Crippen molar-refractivity contribution in [3.05, 3.63) is 0 Å². The van der Waals surface area contributed by atoms with Crippen LogP contribution in [0.4, 0.5) is 0 Å². The van der Waals surface area contributed by atoms with Crippen LogP contribution in [0.5, 0.6) is 0 Å². The monoisotopic (exact) mass is 720 g/mol. The van der Waals surface area contributed by atoms with Crippen molar-refractivity contribution in [2.75, 3.05) is 0 Å². The van der Waals surface area contributed by atoms with Gasteiger partial charge in [0.15, 0.2) is 0 Å². The zero-order chi connectivity index (χ0) is 26.2. The summed E-state index contributed by atoms with van der Waals surface area (Å²) in [5.74, 6) is 0. The van der Waals surface area contributed by atoms with Crippen molar-refractivity contribution >= 4 is 127 Å². The van der Waals surface area contributed by atoms with Gasteiger partial charge in [0.2, 0.25) is 0 Å². The topological polar surface area (TPSA) is 265 Å². The maximum Gasteiger partial charge on any atom is 0.532 e. The Bertz CT molecular complexity index is 1120. The molecule has 0 aliphatic heterocycles. The first-order chi connectivity index (χ1) is 15.1. The normalized spacial score (nSPS) is 10.5. The fraction of sp³-hybridized carbons (Fsp3) is 1.00. The highest BCUT2D eigenvalue weighted by Gasteiger charge is 2.52. The summed E-state index contributed by atoms with van der Waals surface area (Å²) < 4.78 is 180. The third-order valence-corrected chi connectivity index (χ3v) is 102. The molecule has 0 aliphatic rings. The minimum absolute atomic E-state index is 1.08. The zero-order valence-electron chi connectivity index (χ0n) is 15.6. The predicted octanol–water partition coefficient (Wildman–Crippen LogP) is -7.63. The molecule has 0 aliphatic carbocycles. The van der Waals surface area contributed by atoms with E-state index in [0.717, 1.165) is 6.55 Å². The van der Waals surface area contributed by atoms with Crippen LogP contribution in [0.3, 0.4) is 0 Å². The summed E-state index contributed by atoms with van der Waals surface area (Å²) in [6, 6.07) is 0. The highest BCUT2D eigenvalue weighted by atomic mass is 30.1. The van der Waals surface area contributed by atoms with Crippen LogP contribution in [0.15, 0.2) is 0 Å². The van der Waals surface area contributed by atoms with Crippen LogP contribution in [-0.4, -0.2) is 127 Å². The second-order valence-corrected chi connectivity index (χ2v) is 72.6. The molecule has 32 heteroatoms. The molecule has 0 aromatic carbocycles. The molecule has 0 rings (SSSR count). The van der Waals surface area contributed by atoms with Gasteiger partial charge in [-0.15, -0.1) is 0 Å². The van der Waals surface area contributed by atoms with Gasteiger partial charge in [-0.05, 0) is 6.55 Å². The van der Waals surface area contributed by atoms with E-state index in [0.29, 0.717) is 0 Å². The lowest BCUT2D eigenvalue weighted by Crippen LogP contribution is -2.54. The van der Waals surface area contributed by atoms with Gasteiger partial charge < -0.3 is 71.0 Å². The Hall–Kier alpha value is 0.270. The Morgan fingerprint density at radius 2 is 0.788 bits per heavy atom. The first-order valence-electron chi connectivity index (χ1n) is 7.62. The third-order valence-electron chi connectivity index (χ3n) is 3.10. The van der Waals surface area contributed by atoms with Gasteiger partial charge in [-0.1, -0.05) is 0 Å². The lowest BCUT2D eigenvalue weighted by molar-refractivity contribution is 0.472. The van der Waals surface area contributed by atoms with Gasteiger partial charge >= 0.3 is 119 Å². The summed E-state index contributed by atoms with van der Waals surface area (Å²) in [4.78, 5) is 0. The first-order valence-corrected chi connectivity index (χ1v) is 44.1. The molecule has 1 unspecified atom stereocenters. The highest BCUT2D eigenvalue weighted by Crippen LogP contribution is 1.91. The molecule has 168 valence electrons. The molecule has 33 heavy (non-hydrogen) atoms. The molecule has 0 bridgehead atoms. The van der Waals surface area contributed by atoms with Gasteiger partial charge in [0.1, 0.15) is 0 Å². The summed E-state index contributed by atoms with van der Waals surface area (Å²) in [6.45, 7) is 1.08. The van der Waals surface area contributed by atoms with E-state index in [-0.39, 0.29) is 0 Å². The van der Waals surface area contributed by atoms with Crippen molar-refractivity contribution < 1.29 is 71.0 Å². The second kappa shape index (κ2) is 15.4. The third kappa shape index (κ3) is 9.34. The molecular weight excluding hydrogens is 717 g/mol. The molecule has 0 spiro atoms. The summed E-state index contributed by atoms with van der Waals surface area (Å²) in [6.07, 6.45) is 0. The molecule has 2 radical (unpaired) electrons. The van der Waals surface area contributed by atoms with Gasteiger partial charge in [0, 0.05) is 0 Å². The van der Waals surface area contributed by atoms with Crippen molar-refractivity contribution in [1.29, 1.82) is 0 Å². The van der Waals surface area contributed by atoms with E-state index in [1.165, 1.54) is 0 Å². The molecular formula is CH4O16Si16. The Morgan fingerprint density at radius 1 is 0.485 bits per heavy atom. The predicted molar refractivity (Wildman–Crippen MR) is 111 cm³/mol. The van der Waals surface area contributed by atoms with Crippen LogP contribution in [0, 0.1) is 0 Å². The van der Waals surface area contributed by atoms with Gasteiger partial charge in [-0.2, -0.15) is 0 Å². The molecule has 1 atom stereocenters. The molecule has 0 aromatic heterocycles. The van der Waals surface area contributed by atoms with Crippen molar-refractivity contribution in [3.63, 3.8) is 0 Å². The number of hydrogen-bond donors (Lipinski definition) is 0. The standard InChI is InChI=1S/CH4O16Si16/c1-20(24(7)26(9)22(5)18-2)17-21(4)25(8)28(11)30(13)32(15)33(16)31(14)29(12)27(10)23(6)19-3/h20H,1H3. The van der Waals surface area contributed by atoms with Crippen molar-refractivity contribution in [2.45, 2.75) is 6.55 Å². The van der Waals surface area contributed by atoms with E-state index in [2.05, 4.69) is 0 Å². The van der Waals surface area contributed by atoms with E-state index < -0.39 is 127 Å². The van der Waals surface area contributed by atoms with Crippen LogP contribution in [-0.2, 0) is 71.0 Å². The lowest BCUT2D eigenvalue weighted by Gasteiger charge is -2.06. The quantitative estimate of drug-likeness (QED) is 0.134. The molecule has 0 saturated carbocycles. The lowest BCUT2D eigenvalue weighted by atomic mass is 11.9. The van der Waals surface area contributed by atoms with Gasteiger partial charge in [-0.3, -0.25) is 0 Å². The minimum Gasteiger partial charge on any atom is -0.577 e. The van der Waals surface area contributed by atoms with Crippen LogP contribution in [0.25, 0.3) is 0 Å². The minimum atomic E-state index is -4.07. The average Bonchev–Trinajstić information content (AvgIpc) is 2.82. The first kappa shape index (κ1) is 33.3. The van der Waals surface area contributed by atoms with E-state index in [9.17, 15) is 66.9 Å². The van der Waals surface area contributed by atoms with Gasteiger partial charge in [0.25, 0.3) is 8.56 Å². The number of rotatable bonds is 16. The van der Waals surface area contributed by atoms with Crippen LogP contribution in [0.1, 0.15) is 0 Å². The molecule has 0 heterocycles. The van der Waals surface area contributed by atoms with Crippen molar-refractivity contribution in [2.24, 2.45) is 0 Å². The maximum atomic E-state index is 12.2. The Balaban J connectivity index is 5.37. The summed E-state index contributed by atoms with van der Waals surface area (Å²) in [5.41, 5.74) is 0. The van der Waals surface area contributed by atoms with Crippen LogP contribution >= 0.6 is 0 Å². The van der Waals surface area contributed by atoms with Gasteiger partial charge in [-0.25, -0.2) is 0 Å². The van der Waals surface area contributed by atoms with Crippen molar-refractivity contribution in [1.82, 2.24) is 0 Å². The maximum absolute atomic E-state index is 12.2. The smallest absolute Gasteiger partial charge is 0.532 e. The Morgan fingerprint density at radius 3 is 1.15 bits per heavy atom. The van der Waals surface area contributed by atoms with E-state index >= 15 is 0 Å². The molecule has 16 nitrogen and oxygen atoms in total. The fourth-order valence-corrected chi connectivity index (χ4v) is 132.